The zero-order chi connectivity index (χ0) is 14.0. The molecule has 19 heavy (non-hydrogen) atoms. The zero-order valence-electron chi connectivity index (χ0n) is 10.9. The first-order valence-corrected chi connectivity index (χ1v) is 6.17. The number of H-pyrrole nitrogens is 1. The van der Waals surface area contributed by atoms with Crippen LogP contribution in [0.5, 0.6) is 0 Å². The molecule has 0 aliphatic carbocycles. The molecule has 2 rings (SSSR count). The number of nitrogens with zero attached hydrogens (tertiary/aromatic N) is 1. The SMILES string of the molecule is CCC(CO)NC(=O)c1ccc2c(c1)[nH]c(=O)n2C. The monoisotopic (exact) mass is 263 g/mol. The summed E-state index contributed by atoms with van der Waals surface area (Å²) >= 11 is 0. The molecule has 102 valence electrons. The lowest BCUT2D eigenvalue weighted by molar-refractivity contribution is 0.0915. The number of aryl methyl sites for hydroxylation is 1. The van der Waals surface area contributed by atoms with E-state index in [1.54, 1.807) is 25.2 Å². The average molecular weight is 263 g/mol. The maximum absolute atomic E-state index is 12.0. The predicted molar refractivity (Wildman–Crippen MR) is 72.2 cm³/mol. The molecule has 0 saturated heterocycles. The van der Waals surface area contributed by atoms with E-state index in [0.29, 0.717) is 17.5 Å². The number of carbonyl (C=O) groups excluding carboxylic acids is 1. The van der Waals surface area contributed by atoms with Crippen molar-refractivity contribution in [3.8, 4) is 0 Å². The Morgan fingerprint density at radius 3 is 2.89 bits per heavy atom. The quantitative estimate of drug-likeness (QED) is 0.744. The molecule has 0 bridgehead atoms. The maximum Gasteiger partial charge on any atom is 0.326 e. The van der Waals surface area contributed by atoms with Crippen LogP contribution >= 0.6 is 0 Å². The van der Waals surface area contributed by atoms with E-state index in [9.17, 15) is 9.59 Å². The van der Waals surface area contributed by atoms with Gasteiger partial charge in [0.05, 0.1) is 23.7 Å². The van der Waals surface area contributed by atoms with Crippen molar-refractivity contribution in [2.24, 2.45) is 7.05 Å². The second kappa shape index (κ2) is 5.27. The zero-order valence-corrected chi connectivity index (χ0v) is 10.9. The van der Waals surface area contributed by atoms with Gasteiger partial charge in [-0.2, -0.15) is 0 Å². The van der Waals surface area contributed by atoms with Crippen LogP contribution in [-0.2, 0) is 7.05 Å². The van der Waals surface area contributed by atoms with Crippen LogP contribution in [0.25, 0.3) is 11.0 Å². The largest absolute Gasteiger partial charge is 0.394 e. The fraction of sp³-hybridized carbons (Fsp3) is 0.385. The summed E-state index contributed by atoms with van der Waals surface area (Å²) in [5, 5.41) is 11.8. The van der Waals surface area contributed by atoms with Gasteiger partial charge in [0, 0.05) is 12.6 Å². The summed E-state index contributed by atoms with van der Waals surface area (Å²) in [5.41, 5.74) is 1.61. The number of hydrogen-bond acceptors (Lipinski definition) is 3. The van der Waals surface area contributed by atoms with Gasteiger partial charge >= 0.3 is 5.69 Å². The van der Waals surface area contributed by atoms with Gasteiger partial charge in [-0.25, -0.2) is 4.79 Å². The van der Waals surface area contributed by atoms with Gasteiger partial charge in [0.25, 0.3) is 5.91 Å². The number of carbonyl (C=O) groups is 1. The van der Waals surface area contributed by atoms with Crippen molar-refractivity contribution >= 4 is 16.9 Å². The Hall–Kier alpha value is -2.08. The van der Waals surface area contributed by atoms with E-state index in [-0.39, 0.29) is 24.2 Å². The minimum Gasteiger partial charge on any atom is -0.394 e. The van der Waals surface area contributed by atoms with Crippen LogP contribution in [0.1, 0.15) is 23.7 Å². The molecule has 1 aromatic heterocycles. The molecular formula is C13H17N3O3. The van der Waals surface area contributed by atoms with E-state index in [1.807, 2.05) is 6.92 Å². The predicted octanol–water partition coefficient (Wildman–Crippen LogP) is 0.367. The summed E-state index contributed by atoms with van der Waals surface area (Å²) in [5.74, 6) is -0.257. The van der Waals surface area contributed by atoms with E-state index < -0.39 is 0 Å². The van der Waals surface area contributed by atoms with Gasteiger partial charge in [-0.15, -0.1) is 0 Å². The van der Waals surface area contributed by atoms with E-state index in [0.717, 1.165) is 5.52 Å². The maximum atomic E-state index is 12.0. The van der Waals surface area contributed by atoms with Gasteiger partial charge < -0.3 is 15.4 Å². The molecule has 0 aliphatic heterocycles. The highest BCUT2D eigenvalue weighted by Gasteiger charge is 2.12. The van der Waals surface area contributed by atoms with Crippen molar-refractivity contribution in [1.82, 2.24) is 14.9 Å². The van der Waals surface area contributed by atoms with E-state index in [2.05, 4.69) is 10.3 Å². The molecule has 0 aliphatic rings. The number of aromatic amines is 1. The van der Waals surface area contributed by atoms with E-state index >= 15 is 0 Å². The van der Waals surface area contributed by atoms with Gasteiger partial charge in [-0.3, -0.25) is 9.36 Å². The fourth-order valence-corrected chi connectivity index (χ4v) is 1.92. The van der Waals surface area contributed by atoms with Gasteiger partial charge in [0.1, 0.15) is 0 Å². The number of fused-ring (bicyclic) bond motifs is 1. The van der Waals surface area contributed by atoms with Crippen LogP contribution in [0.2, 0.25) is 0 Å². The van der Waals surface area contributed by atoms with Gasteiger partial charge in [0.2, 0.25) is 0 Å². The average Bonchev–Trinajstić information content (AvgIpc) is 2.70. The lowest BCUT2D eigenvalue weighted by atomic mass is 10.1. The number of imidazole rings is 1. The Morgan fingerprint density at radius 1 is 1.53 bits per heavy atom. The smallest absolute Gasteiger partial charge is 0.326 e. The molecule has 6 heteroatoms. The van der Waals surface area contributed by atoms with Crippen LogP contribution < -0.4 is 11.0 Å². The van der Waals surface area contributed by atoms with Crippen molar-refractivity contribution in [1.29, 1.82) is 0 Å². The number of amides is 1. The summed E-state index contributed by atoms with van der Waals surface area (Å²) in [6.07, 6.45) is 0.659. The highest BCUT2D eigenvalue weighted by Crippen LogP contribution is 2.12. The molecule has 0 spiro atoms. The molecule has 1 aromatic carbocycles. The molecule has 1 heterocycles. The molecule has 0 saturated carbocycles. The number of nitrogens with one attached hydrogen (secondary N) is 2. The van der Waals surface area contributed by atoms with Crippen LogP contribution in [0.15, 0.2) is 23.0 Å². The highest BCUT2D eigenvalue weighted by atomic mass is 16.3. The van der Waals surface area contributed by atoms with Gasteiger partial charge in [0.15, 0.2) is 0 Å². The molecule has 0 radical (unpaired) electrons. The number of aromatic nitrogens is 2. The number of aliphatic hydroxyl groups excluding tert-OH is 1. The summed E-state index contributed by atoms with van der Waals surface area (Å²) in [6, 6.07) is 4.77. The number of hydrogen-bond donors (Lipinski definition) is 3. The van der Waals surface area contributed by atoms with Crippen LogP contribution in [0.3, 0.4) is 0 Å². The summed E-state index contributed by atoms with van der Waals surface area (Å²) < 4.78 is 1.49. The Kier molecular flexibility index (Phi) is 3.71. The van der Waals surface area contributed by atoms with Crippen LogP contribution in [0, 0.1) is 0 Å². The first-order chi connectivity index (χ1) is 9.06. The summed E-state index contributed by atoms with van der Waals surface area (Å²) in [7, 11) is 1.67. The Morgan fingerprint density at radius 2 is 2.26 bits per heavy atom. The second-order valence-electron chi connectivity index (χ2n) is 4.48. The van der Waals surface area contributed by atoms with Gasteiger partial charge in [-0.1, -0.05) is 6.92 Å². The third-order valence-corrected chi connectivity index (χ3v) is 3.21. The van der Waals surface area contributed by atoms with Crippen molar-refractivity contribution < 1.29 is 9.90 Å². The van der Waals surface area contributed by atoms with Crippen molar-refractivity contribution in [3.63, 3.8) is 0 Å². The third kappa shape index (κ3) is 2.53. The van der Waals surface area contributed by atoms with Gasteiger partial charge in [-0.05, 0) is 24.6 Å². The van der Waals surface area contributed by atoms with Crippen LogP contribution in [0.4, 0.5) is 0 Å². The lowest BCUT2D eigenvalue weighted by Crippen LogP contribution is -2.36. The minimum atomic E-state index is -0.257. The highest BCUT2D eigenvalue weighted by molar-refractivity contribution is 5.97. The van der Waals surface area contributed by atoms with Crippen molar-refractivity contribution in [2.75, 3.05) is 6.61 Å². The standard InChI is InChI=1S/C13H17N3O3/c1-3-9(7-17)14-12(18)8-4-5-11-10(6-8)15-13(19)16(11)2/h4-6,9,17H,3,7H2,1-2H3,(H,14,18)(H,15,19). The topological polar surface area (TPSA) is 87.1 Å². The third-order valence-electron chi connectivity index (χ3n) is 3.21. The molecule has 1 unspecified atom stereocenters. The first kappa shape index (κ1) is 13.4. The number of aliphatic hydroxyl groups is 1. The first-order valence-electron chi connectivity index (χ1n) is 6.17. The van der Waals surface area contributed by atoms with E-state index in [1.165, 1.54) is 4.57 Å². The minimum absolute atomic E-state index is 0.0906. The number of rotatable bonds is 4. The summed E-state index contributed by atoms with van der Waals surface area (Å²) in [6.45, 7) is 1.80. The molecular weight excluding hydrogens is 246 g/mol. The molecule has 3 N–H and O–H groups in total. The Balaban J connectivity index is 2.30. The lowest BCUT2D eigenvalue weighted by Gasteiger charge is -2.13. The molecule has 0 fully saturated rings. The molecule has 6 nitrogen and oxygen atoms in total. The molecule has 1 amide bonds. The fourth-order valence-electron chi connectivity index (χ4n) is 1.92. The van der Waals surface area contributed by atoms with Crippen LogP contribution in [-0.4, -0.2) is 33.2 Å². The Bertz CT molecular complexity index is 653. The van der Waals surface area contributed by atoms with E-state index in [4.69, 9.17) is 5.11 Å². The molecule has 2 aromatic rings. The normalized spacial score (nSPS) is 12.6. The second-order valence-corrected chi connectivity index (χ2v) is 4.48. The molecule has 1 atom stereocenters. The number of benzene rings is 1. The van der Waals surface area contributed by atoms with Crippen molar-refractivity contribution in [3.05, 3.63) is 34.2 Å². The van der Waals surface area contributed by atoms with Crippen molar-refractivity contribution in [2.45, 2.75) is 19.4 Å². The Labute approximate surface area is 110 Å². The summed E-state index contributed by atoms with van der Waals surface area (Å²) in [4.78, 5) is 26.1.